The summed E-state index contributed by atoms with van der Waals surface area (Å²) in [5.74, 6) is 0. The number of carbonyl (C=O) groups is 2. The first kappa shape index (κ1) is 28.3. The van der Waals surface area contributed by atoms with E-state index in [1.54, 1.807) is 55.1 Å². The smallest absolute Gasteiger partial charge is 0.410 e. The van der Waals surface area contributed by atoms with Crippen molar-refractivity contribution in [2.24, 2.45) is 0 Å². The van der Waals surface area contributed by atoms with Gasteiger partial charge in [0.1, 0.15) is 13.2 Å². The Balaban J connectivity index is 1.19. The predicted molar refractivity (Wildman–Crippen MR) is 156 cm³/mol. The van der Waals surface area contributed by atoms with Crippen LogP contribution >= 0.6 is 45.3 Å². The summed E-state index contributed by atoms with van der Waals surface area (Å²) in [6.45, 7) is 3.70. The third-order valence-corrected chi connectivity index (χ3v) is 9.07. The second-order valence-electron chi connectivity index (χ2n) is 8.56. The van der Waals surface area contributed by atoms with Crippen molar-refractivity contribution in [2.45, 2.75) is 26.2 Å². The first-order valence-electron chi connectivity index (χ1n) is 12.2. The fraction of sp³-hybridized carbons (Fsp3) is 0.333. The van der Waals surface area contributed by atoms with Crippen LogP contribution in [0.2, 0.25) is 0 Å². The van der Waals surface area contributed by atoms with E-state index >= 15 is 0 Å². The lowest BCUT2D eigenvalue weighted by Gasteiger charge is -2.23. The van der Waals surface area contributed by atoms with Crippen LogP contribution in [0.5, 0.6) is 0 Å². The molecule has 0 atom stereocenters. The summed E-state index contributed by atoms with van der Waals surface area (Å²) in [4.78, 5) is 35.6. The summed E-state index contributed by atoms with van der Waals surface area (Å²) in [6.07, 6.45) is -0.658. The van der Waals surface area contributed by atoms with Crippen molar-refractivity contribution in [1.82, 2.24) is 14.7 Å². The molecule has 0 fully saturated rings. The molecule has 4 aromatic heterocycles. The number of carbonyl (C=O) groups excluding carboxylic acids is 2. The Morgan fingerprint density at radius 1 is 0.605 bits per heavy atom. The molecule has 0 bridgehead atoms. The Labute approximate surface area is 239 Å². The van der Waals surface area contributed by atoms with Crippen LogP contribution in [0.25, 0.3) is 0 Å². The van der Waals surface area contributed by atoms with Crippen LogP contribution in [-0.2, 0) is 35.7 Å². The van der Waals surface area contributed by atoms with Crippen molar-refractivity contribution < 1.29 is 19.1 Å². The van der Waals surface area contributed by atoms with Gasteiger partial charge >= 0.3 is 12.2 Å². The standard InChI is InChI=1S/C27H31N3O4S4/c1-28(10-12-33-26(31)29(18-22-6-2-14-35-22)19-23-7-3-15-36-23)11-13-34-27(32)30(20-24-8-4-16-37-24)21-25-9-5-17-38-25/h2-9,14-17H,10-13,18-21H2,1H3. The SMILES string of the molecule is CN(CCOC(=O)N(Cc1cccs1)Cc1cccs1)CCOC(=O)N(Cc1cccs1)Cc1cccs1. The highest BCUT2D eigenvalue weighted by Crippen LogP contribution is 2.19. The Morgan fingerprint density at radius 3 is 1.18 bits per heavy atom. The molecule has 38 heavy (non-hydrogen) atoms. The summed E-state index contributed by atoms with van der Waals surface area (Å²) in [7, 11) is 1.92. The maximum Gasteiger partial charge on any atom is 0.410 e. The molecule has 0 aliphatic heterocycles. The molecule has 0 N–H and O–H groups in total. The summed E-state index contributed by atoms with van der Waals surface area (Å²) < 4.78 is 11.2. The molecule has 0 spiro atoms. The zero-order valence-electron chi connectivity index (χ0n) is 21.2. The van der Waals surface area contributed by atoms with E-state index < -0.39 is 0 Å². The average Bonchev–Trinajstić information content (AvgIpc) is 3.73. The number of amides is 2. The van der Waals surface area contributed by atoms with Crippen LogP contribution < -0.4 is 0 Å². The first-order valence-corrected chi connectivity index (χ1v) is 15.7. The van der Waals surface area contributed by atoms with Crippen molar-refractivity contribution in [3.63, 3.8) is 0 Å². The fourth-order valence-corrected chi connectivity index (χ4v) is 6.48. The van der Waals surface area contributed by atoms with Crippen molar-refractivity contribution >= 4 is 57.5 Å². The number of thiophene rings is 4. The summed E-state index contributed by atoms with van der Waals surface area (Å²) >= 11 is 6.51. The molecule has 4 aromatic rings. The Morgan fingerprint density at radius 2 is 0.921 bits per heavy atom. The monoisotopic (exact) mass is 589 g/mol. The Hall–Kier alpha value is -2.70. The van der Waals surface area contributed by atoms with Crippen LogP contribution in [0.3, 0.4) is 0 Å². The molecular formula is C27H31N3O4S4. The van der Waals surface area contributed by atoms with Gasteiger partial charge < -0.3 is 9.47 Å². The normalized spacial score (nSPS) is 11.0. The van der Waals surface area contributed by atoms with Gasteiger partial charge in [0.05, 0.1) is 26.2 Å². The minimum absolute atomic E-state index is 0.261. The zero-order valence-corrected chi connectivity index (χ0v) is 24.5. The van der Waals surface area contributed by atoms with Crippen molar-refractivity contribution in [3.8, 4) is 0 Å². The molecule has 2 amide bonds. The second kappa shape index (κ2) is 15.0. The van der Waals surface area contributed by atoms with Gasteiger partial charge in [0, 0.05) is 32.6 Å². The molecule has 0 aliphatic rings. The molecule has 11 heteroatoms. The van der Waals surface area contributed by atoms with Crippen molar-refractivity contribution in [2.75, 3.05) is 33.4 Å². The van der Waals surface area contributed by atoms with Gasteiger partial charge in [-0.3, -0.25) is 14.7 Å². The number of hydrogen-bond donors (Lipinski definition) is 0. The molecule has 0 saturated heterocycles. The van der Waals surface area contributed by atoms with Gasteiger partial charge in [-0.05, 0) is 52.8 Å². The Kier molecular flexibility index (Phi) is 11.2. The average molecular weight is 590 g/mol. The molecule has 4 heterocycles. The van der Waals surface area contributed by atoms with Gasteiger partial charge in [-0.2, -0.15) is 0 Å². The number of rotatable bonds is 14. The summed E-state index contributed by atoms with van der Waals surface area (Å²) in [6, 6.07) is 16.0. The molecule has 0 saturated carbocycles. The quantitative estimate of drug-likeness (QED) is 0.161. The molecule has 0 aliphatic carbocycles. The largest absolute Gasteiger partial charge is 0.448 e. The highest BCUT2D eigenvalue weighted by Gasteiger charge is 2.19. The molecule has 0 aromatic carbocycles. The molecule has 202 valence electrons. The lowest BCUT2D eigenvalue weighted by Crippen LogP contribution is -2.35. The third kappa shape index (κ3) is 9.25. The molecule has 7 nitrogen and oxygen atoms in total. The molecule has 0 radical (unpaired) electrons. The van der Waals surface area contributed by atoms with E-state index in [1.165, 1.54) is 0 Å². The van der Waals surface area contributed by atoms with Gasteiger partial charge in [-0.25, -0.2) is 9.59 Å². The van der Waals surface area contributed by atoms with Gasteiger partial charge in [-0.15, -0.1) is 45.3 Å². The summed E-state index contributed by atoms with van der Waals surface area (Å²) in [5.41, 5.74) is 0. The fourth-order valence-electron chi connectivity index (χ4n) is 3.60. The van der Waals surface area contributed by atoms with Crippen LogP contribution in [0.4, 0.5) is 9.59 Å². The third-order valence-electron chi connectivity index (χ3n) is 5.62. The van der Waals surface area contributed by atoms with Crippen molar-refractivity contribution in [3.05, 3.63) is 89.6 Å². The predicted octanol–water partition coefficient (Wildman–Crippen LogP) is 6.84. The van der Waals surface area contributed by atoms with E-state index in [0.717, 1.165) is 19.5 Å². The van der Waals surface area contributed by atoms with E-state index in [1.807, 2.05) is 82.0 Å². The highest BCUT2D eigenvalue weighted by molar-refractivity contribution is 7.10. The molecule has 4 rings (SSSR count). The van der Waals surface area contributed by atoms with Gasteiger partial charge in [-0.1, -0.05) is 24.3 Å². The minimum Gasteiger partial charge on any atom is -0.448 e. The number of hydrogen-bond acceptors (Lipinski definition) is 9. The number of ether oxygens (including phenoxy) is 2. The van der Waals surface area contributed by atoms with Crippen LogP contribution in [0.1, 0.15) is 19.5 Å². The molecule has 0 unspecified atom stereocenters. The highest BCUT2D eigenvalue weighted by atomic mass is 32.1. The van der Waals surface area contributed by atoms with Gasteiger partial charge in [0.15, 0.2) is 0 Å². The second-order valence-corrected chi connectivity index (χ2v) is 12.7. The maximum atomic E-state index is 12.8. The number of likely N-dealkylation sites (N-methyl/N-ethyl adjacent to an activating group) is 1. The Bertz CT molecular complexity index is 1030. The van der Waals surface area contributed by atoms with E-state index in [-0.39, 0.29) is 25.4 Å². The topological polar surface area (TPSA) is 62.3 Å². The number of nitrogens with zero attached hydrogens (tertiary/aromatic N) is 3. The summed E-state index contributed by atoms with van der Waals surface area (Å²) in [5, 5.41) is 8.04. The van der Waals surface area contributed by atoms with E-state index in [2.05, 4.69) is 0 Å². The first-order chi connectivity index (χ1) is 18.6. The molecular weight excluding hydrogens is 559 g/mol. The van der Waals surface area contributed by atoms with Crippen LogP contribution in [0, 0.1) is 0 Å². The van der Waals surface area contributed by atoms with Crippen molar-refractivity contribution in [1.29, 1.82) is 0 Å². The van der Waals surface area contributed by atoms with Crippen LogP contribution in [0.15, 0.2) is 70.1 Å². The lowest BCUT2D eigenvalue weighted by atomic mass is 10.4. The lowest BCUT2D eigenvalue weighted by molar-refractivity contribution is 0.0767. The van der Waals surface area contributed by atoms with E-state index in [4.69, 9.17) is 9.47 Å². The van der Waals surface area contributed by atoms with Crippen LogP contribution in [-0.4, -0.2) is 60.2 Å². The maximum absolute atomic E-state index is 12.8. The van der Waals surface area contributed by atoms with Gasteiger partial charge in [0.25, 0.3) is 0 Å². The zero-order chi connectivity index (χ0) is 26.6. The minimum atomic E-state index is -0.329. The van der Waals surface area contributed by atoms with E-state index in [9.17, 15) is 9.59 Å². The van der Waals surface area contributed by atoms with Gasteiger partial charge in [0.2, 0.25) is 0 Å². The van der Waals surface area contributed by atoms with E-state index in [0.29, 0.717) is 39.3 Å².